The van der Waals surface area contributed by atoms with Gasteiger partial charge in [-0.05, 0) is 82.2 Å². The smallest absolute Gasteiger partial charge is 0.416 e. The van der Waals surface area contributed by atoms with Crippen LogP contribution in [0, 0.1) is 6.92 Å². The fourth-order valence-corrected chi connectivity index (χ4v) is 4.82. The Morgan fingerprint density at radius 2 is 1.82 bits per heavy atom. The molecule has 3 aromatic rings. The Hall–Kier alpha value is -3.57. The third-order valence-corrected chi connectivity index (χ3v) is 6.94. The molecule has 0 bridgehead atoms. The average Bonchev–Trinajstić information content (AvgIpc) is 3.11. The Morgan fingerprint density at radius 1 is 1.08 bits per heavy atom. The van der Waals surface area contributed by atoms with Gasteiger partial charge in [-0.25, -0.2) is 0 Å². The minimum atomic E-state index is -4.57. The molecule has 0 saturated carbocycles. The first-order valence-electron chi connectivity index (χ1n) is 11.2. The monoisotopic (exact) mass is 604 g/mol. The van der Waals surface area contributed by atoms with Gasteiger partial charge in [0.25, 0.3) is 11.1 Å². The molecule has 4 rings (SSSR count). The zero-order valence-corrected chi connectivity index (χ0v) is 22.2. The molecular weight excluding hydrogens is 585 g/mol. The summed E-state index contributed by atoms with van der Waals surface area (Å²) in [5.74, 6) is -0.872. The molecule has 0 radical (unpaired) electrons. The number of alkyl halides is 3. The van der Waals surface area contributed by atoms with Crippen LogP contribution >= 0.6 is 27.7 Å². The predicted molar refractivity (Wildman–Crippen MR) is 142 cm³/mol. The average molecular weight is 605 g/mol. The zero-order chi connectivity index (χ0) is 27.4. The number of ether oxygens (including phenoxy) is 1. The third-order valence-electron chi connectivity index (χ3n) is 5.42. The first-order chi connectivity index (χ1) is 18.0. The van der Waals surface area contributed by atoms with Gasteiger partial charge in [0.15, 0.2) is 0 Å². The molecule has 3 amide bonds. The molecule has 1 fully saturated rings. The lowest BCUT2D eigenvalue weighted by atomic mass is 10.1. The van der Waals surface area contributed by atoms with Gasteiger partial charge in [0.2, 0.25) is 5.91 Å². The molecule has 0 aromatic heterocycles. The molecule has 1 N–H and O–H groups in total. The molecule has 1 heterocycles. The number of thioether (sulfide) groups is 1. The van der Waals surface area contributed by atoms with Crippen LogP contribution in [-0.2, 0) is 22.4 Å². The van der Waals surface area contributed by atoms with Gasteiger partial charge in [-0.3, -0.25) is 19.3 Å². The highest BCUT2D eigenvalue weighted by Crippen LogP contribution is 2.34. The van der Waals surface area contributed by atoms with E-state index in [1.807, 2.05) is 31.2 Å². The molecule has 0 spiro atoms. The Labute approximate surface area is 229 Å². The van der Waals surface area contributed by atoms with Crippen molar-refractivity contribution in [2.24, 2.45) is 0 Å². The van der Waals surface area contributed by atoms with E-state index in [9.17, 15) is 27.6 Å². The number of benzene rings is 3. The Balaban J connectivity index is 1.39. The molecule has 0 aliphatic carbocycles. The third kappa shape index (κ3) is 6.84. The standard InChI is InChI=1S/C27H20BrF3N2O4S/c1-16-5-7-17(8-6-16)15-37-22-10-9-18(11-21(22)28)12-23-25(35)33(26(36)38-23)14-24(34)32-20-4-2-3-19(13-20)27(29,30)31/h2-13H,14-15H2,1H3,(H,32,34)/b23-12-. The Bertz CT molecular complexity index is 1420. The molecule has 1 aliphatic heterocycles. The van der Waals surface area contributed by atoms with Gasteiger partial charge in [-0.15, -0.1) is 0 Å². The molecule has 1 saturated heterocycles. The van der Waals surface area contributed by atoms with Crippen LogP contribution in [0.5, 0.6) is 5.75 Å². The number of hydrogen-bond donors (Lipinski definition) is 1. The lowest BCUT2D eigenvalue weighted by Crippen LogP contribution is -2.36. The molecule has 0 unspecified atom stereocenters. The van der Waals surface area contributed by atoms with Gasteiger partial charge in [-0.1, -0.05) is 42.0 Å². The molecule has 11 heteroatoms. The van der Waals surface area contributed by atoms with Crippen LogP contribution < -0.4 is 10.1 Å². The zero-order valence-electron chi connectivity index (χ0n) is 19.8. The van der Waals surface area contributed by atoms with Crippen LogP contribution in [0.4, 0.5) is 23.7 Å². The van der Waals surface area contributed by atoms with E-state index < -0.39 is 35.3 Å². The number of amides is 3. The summed E-state index contributed by atoms with van der Waals surface area (Å²) >= 11 is 4.13. The van der Waals surface area contributed by atoms with Crippen LogP contribution in [0.15, 0.2) is 76.1 Å². The summed E-state index contributed by atoms with van der Waals surface area (Å²) in [5.41, 5.74) is 1.76. The second kappa shape index (κ2) is 11.4. The largest absolute Gasteiger partial charge is 0.488 e. The van der Waals surface area contributed by atoms with Gasteiger partial charge < -0.3 is 10.1 Å². The van der Waals surface area contributed by atoms with Gasteiger partial charge in [0.05, 0.1) is 14.9 Å². The summed E-state index contributed by atoms with van der Waals surface area (Å²) in [7, 11) is 0. The maximum Gasteiger partial charge on any atom is 0.416 e. The number of carbonyl (C=O) groups excluding carboxylic acids is 3. The molecule has 0 atom stereocenters. The summed E-state index contributed by atoms with van der Waals surface area (Å²) in [6, 6.07) is 17.2. The molecule has 1 aliphatic rings. The van der Waals surface area contributed by atoms with Crippen molar-refractivity contribution in [2.75, 3.05) is 11.9 Å². The number of anilines is 1. The van der Waals surface area contributed by atoms with Gasteiger partial charge >= 0.3 is 6.18 Å². The lowest BCUT2D eigenvalue weighted by Gasteiger charge is -2.13. The van der Waals surface area contributed by atoms with Crippen molar-refractivity contribution in [1.82, 2.24) is 4.90 Å². The first kappa shape index (κ1) is 27.5. The quantitative estimate of drug-likeness (QED) is 0.293. The van der Waals surface area contributed by atoms with Gasteiger partial charge in [0.1, 0.15) is 18.9 Å². The molecule has 3 aromatic carbocycles. The molecular formula is C27H20BrF3N2O4S. The SMILES string of the molecule is Cc1ccc(COc2ccc(/C=C3\SC(=O)N(CC(=O)Nc4cccc(C(F)(F)F)c4)C3=O)cc2Br)cc1. The number of hydrogen-bond acceptors (Lipinski definition) is 5. The van der Waals surface area contributed by atoms with Gasteiger partial charge in [-0.2, -0.15) is 13.2 Å². The van der Waals surface area contributed by atoms with Crippen molar-refractivity contribution in [1.29, 1.82) is 0 Å². The summed E-state index contributed by atoms with van der Waals surface area (Å²) in [4.78, 5) is 38.4. The molecule has 196 valence electrons. The van der Waals surface area contributed by atoms with E-state index in [1.165, 1.54) is 12.1 Å². The number of nitrogens with zero attached hydrogens (tertiary/aromatic N) is 1. The van der Waals surface area contributed by atoms with E-state index in [1.54, 1.807) is 18.2 Å². The number of aryl methyl sites for hydroxylation is 1. The Kier molecular flexibility index (Phi) is 8.27. The van der Waals surface area contributed by atoms with E-state index >= 15 is 0 Å². The maximum absolute atomic E-state index is 12.9. The van der Waals surface area contributed by atoms with E-state index in [4.69, 9.17) is 4.74 Å². The van der Waals surface area contributed by atoms with Crippen LogP contribution in [0.2, 0.25) is 0 Å². The lowest BCUT2D eigenvalue weighted by molar-refractivity contribution is -0.137. The highest BCUT2D eigenvalue weighted by molar-refractivity contribution is 9.10. The summed E-state index contributed by atoms with van der Waals surface area (Å²) in [5, 5.41) is 1.64. The van der Waals surface area contributed by atoms with Crippen LogP contribution in [0.3, 0.4) is 0 Å². The van der Waals surface area contributed by atoms with Crippen molar-refractivity contribution < 1.29 is 32.3 Å². The first-order valence-corrected chi connectivity index (χ1v) is 12.8. The minimum Gasteiger partial charge on any atom is -0.488 e. The van der Waals surface area contributed by atoms with Crippen molar-refractivity contribution in [3.63, 3.8) is 0 Å². The molecule has 38 heavy (non-hydrogen) atoms. The van der Waals surface area contributed by atoms with Crippen molar-refractivity contribution >= 4 is 56.5 Å². The van der Waals surface area contributed by atoms with E-state index in [2.05, 4.69) is 21.2 Å². The summed E-state index contributed by atoms with van der Waals surface area (Å²) in [6.07, 6.45) is -3.05. The fraction of sp³-hybridized carbons (Fsp3) is 0.148. The normalized spacial score (nSPS) is 14.8. The van der Waals surface area contributed by atoms with Gasteiger partial charge in [0, 0.05) is 5.69 Å². The topological polar surface area (TPSA) is 75.7 Å². The second-order valence-electron chi connectivity index (χ2n) is 8.36. The van der Waals surface area contributed by atoms with Crippen LogP contribution in [0.25, 0.3) is 6.08 Å². The van der Waals surface area contributed by atoms with Crippen molar-refractivity contribution in [2.45, 2.75) is 19.7 Å². The van der Waals surface area contributed by atoms with E-state index in [0.717, 1.165) is 34.2 Å². The number of nitrogens with one attached hydrogen (secondary N) is 1. The maximum atomic E-state index is 12.9. The highest BCUT2D eigenvalue weighted by atomic mass is 79.9. The van der Waals surface area contributed by atoms with E-state index in [0.29, 0.717) is 34.2 Å². The summed E-state index contributed by atoms with van der Waals surface area (Å²) < 4.78 is 45.2. The summed E-state index contributed by atoms with van der Waals surface area (Å²) in [6.45, 7) is 1.75. The number of imide groups is 1. The predicted octanol–water partition coefficient (Wildman–Crippen LogP) is 7.03. The minimum absolute atomic E-state index is 0.0955. The van der Waals surface area contributed by atoms with Crippen LogP contribution in [0.1, 0.15) is 22.3 Å². The van der Waals surface area contributed by atoms with E-state index in [-0.39, 0.29) is 10.6 Å². The van der Waals surface area contributed by atoms with Crippen molar-refractivity contribution in [3.8, 4) is 5.75 Å². The van der Waals surface area contributed by atoms with Crippen LogP contribution in [-0.4, -0.2) is 28.5 Å². The number of halogens is 4. The highest BCUT2D eigenvalue weighted by Gasteiger charge is 2.36. The second-order valence-corrected chi connectivity index (χ2v) is 10.2. The number of rotatable bonds is 7. The number of carbonyl (C=O) groups is 3. The molecule has 6 nitrogen and oxygen atoms in total. The Morgan fingerprint density at radius 3 is 2.50 bits per heavy atom. The fourth-order valence-electron chi connectivity index (χ4n) is 3.47. The van der Waals surface area contributed by atoms with Crippen molar-refractivity contribution in [3.05, 3.63) is 98.4 Å².